The molecule has 7 nitrogen and oxygen atoms in total. The number of benzene rings is 5. The summed E-state index contributed by atoms with van der Waals surface area (Å²) in [5.41, 5.74) is 4.56. The molecule has 0 unspecified atom stereocenters. The molecule has 0 radical (unpaired) electrons. The summed E-state index contributed by atoms with van der Waals surface area (Å²) in [5.74, 6) is -2.79. The molecule has 5 aromatic carbocycles. The van der Waals surface area contributed by atoms with Gasteiger partial charge in [0.25, 0.3) is 0 Å². The third-order valence-corrected chi connectivity index (χ3v) is 10.3. The number of aromatic carboxylic acids is 1. The lowest BCUT2D eigenvalue weighted by atomic mass is 9.97. The Balaban J connectivity index is 1.44. The number of hydrogen-bond donors (Lipinski definition) is 2. The van der Waals surface area contributed by atoms with Crippen molar-refractivity contribution in [3.63, 3.8) is 0 Å². The fourth-order valence-corrected chi connectivity index (χ4v) is 7.49. The molecule has 0 aliphatic rings. The van der Waals surface area contributed by atoms with Crippen molar-refractivity contribution in [2.75, 3.05) is 13.2 Å². The summed E-state index contributed by atoms with van der Waals surface area (Å²) in [4.78, 5) is 10.5. The Morgan fingerprint density at radius 3 is 2.08 bits per heavy atom. The Labute approximate surface area is 297 Å². The number of rotatable bonds is 13. The fraction of sp³-hybridized carbons (Fsp3) is 0.132. The number of carboxylic acid groups (broad SMARTS) is 1. The molecule has 0 aliphatic carbocycles. The Morgan fingerprint density at radius 1 is 0.820 bits per heavy atom. The third-order valence-electron chi connectivity index (χ3n) is 8.31. The molecular formula is C38H30Cl2F2N2O5S. The average Bonchev–Trinajstić information content (AvgIpc) is 3.39. The second-order valence-electron chi connectivity index (χ2n) is 11.5. The van der Waals surface area contributed by atoms with Crippen LogP contribution in [0.2, 0.25) is 10.0 Å². The fourth-order valence-electron chi connectivity index (χ4n) is 6.07. The SMILES string of the molecule is O=C(O)c1ccc(OCCc2c(CCNS(=O)(=O)c3cc(F)c(Cl)cc3F)n(C(c3ccccc3)c3ccccc3)c3ccc(Cl)cc23)cc1. The minimum atomic E-state index is -4.47. The van der Waals surface area contributed by atoms with Crippen LogP contribution in [0.3, 0.4) is 0 Å². The highest BCUT2D eigenvalue weighted by molar-refractivity contribution is 7.89. The number of aromatic nitrogens is 1. The largest absolute Gasteiger partial charge is 0.493 e. The Bertz CT molecular complexity index is 2230. The van der Waals surface area contributed by atoms with Gasteiger partial charge in [0, 0.05) is 41.0 Å². The van der Waals surface area contributed by atoms with Crippen LogP contribution in [0.4, 0.5) is 8.78 Å². The van der Waals surface area contributed by atoms with E-state index in [1.54, 1.807) is 18.2 Å². The minimum absolute atomic E-state index is 0.133. The normalized spacial score (nSPS) is 11.7. The second kappa shape index (κ2) is 15.0. The number of carbonyl (C=O) groups is 1. The second-order valence-corrected chi connectivity index (χ2v) is 14.0. The van der Waals surface area contributed by atoms with Crippen LogP contribution in [-0.4, -0.2) is 37.2 Å². The van der Waals surface area contributed by atoms with Crippen LogP contribution >= 0.6 is 23.2 Å². The van der Waals surface area contributed by atoms with Gasteiger partial charge in [0.1, 0.15) is 22.3 Å². The van der Waals surface area contributed by atoms with Crippen molar-refractivity contribution in [1.29, 1.82) is 0 Å². The van der Waals surface area contributed by atoms with Crippen LogP contribution in [0.15, 0.2) is 120 Å². The number of hydrogen-bond acceptors (Lipinski definition) is 4. The number of carboxylic acids is 1. The molecule has 0 aliphatic heterocycles. The zero-order valence-electron chi connectivity index (χ0n) is 26.3. The maximum atomic E-state index is 14.7. The lowest BCUT2D eigenvalue weighted by Gasteiger charge is -2.25. The van der Waals surface area contributed by atoms with E-state index in [-0.39, 0.29) is 31.2 Å². The number of nitrogens with zero attached hydrogens (tertiary/aromatic N) is 1. The van der Waals surface area contributed by atoms with Crippen LogP contribution in [0, 0.1) is 11.6 Å². The molecule has 6 rings (SSSR count). The summed E-state index contributed by atoms with van der Waals surface area (Å²) in [6.45, 7) is 0.0459. The molecule has 0 atom stereocenters. The third kappa shape index (κ3) is 7.53. The smallest absolute Gasteiger partial charge is 0.335 e. The minimum Gasteiger partial charge on any atom is -0.493 e. The van der Waals surface area contributed by atoms with Gasteiger partial charge in [0.05, 0.1) is 23.2 Å². The number of ether oxygens (including phenoxy) is 1. The zero-order chi connectivity index (χ0) is 35.4. The van der Waals surface area contributed by atoms with Gasteiger partial charge in [-0.3, -0.25) is 0 Å². The Kier molecular flexibility index (Phi) is 10.5. The maximum absolute atomic E-state index is 14.7. The van der Waals surface area contributed by atoms with Crippen molar-refractivity contribution >= 4 is 50.1 Å². The van der Waals surface area contributed by atoms with Gasteiger partial charge in [-0.1, -0.05) is 83.9 Å². The summed E-state index contributed by atoms with van der Waals surface area (Å²) in [7, 11) is -4.47. The highest BCUT2D eigenvalue weighted by Gasteiger charge is 2.27. The summed E-state index contributed by atoms with van der Waals surface area (Å²) in [5, 5.41) is 10.1. The number of fused-ring (bicyclic) bond motifs is 1. The molecule has 0 fully saturated rings. The molecule has 2 N–H and O–H groups in total. The number of halogens is 4. The average molecular weight is 736 g/mol. The maximum Gasteiger partial charge on any atom is 0.335 e. The van der Waals surface area contributed by atoms with Crippen LogP contribution in [-0.2, 0) is 22.9 Å². The molecule has 0 bridgehead atoms. The molecule has 1 heterocycles. The Morgan fingerprint density at radius 2 is 1.46 bits per heavy atom. The van der Waals surface area contributed by atoms with Crippen molar-refractivity contribution < 1.29 is 31.8 Å². The standard InChI is InChI=1S/C38H30Cl2F2N2O5S/c39-27-13-16-34-30(21-27)29(18-20-49-28-14-11-26(12-15-28)38(45)46)35(17-19-43-50(47,48)36-23-32(41)31(40)22-33(36)42)44(34)37(24-7-3-1-4-8-24)25-9-5-2-6-10-25/h1-16,21-23,37,43H,17-20H2,(H,45,46). The molecule has 0 saturated heterocycles. The first-order valence-corrected chi connectivity index (χ1v) is 17.8. The van der Waals surface area contributed by atoms with E-state index >= 15 is 0 Å². The van der Waals surface area contributed by atoms with E-state index in [1.165, 1.54) is 12.1 Å². The van der Waals surface area contributed by atoms with E-state index in [9.17, 15) is 27.1 Å². The van der Waals surface area contributed by atoms with Crippen molar-refractivity contribution in [3.05, 3.63) is 165 Å². The van der Waals surface area contributed by atoms with Crippen molar-refractivity contribution in [1.82, 2.24) is 9.29 Å². The van der Waals surface area contributed by atoms with Gasteiger partial charge < -0.3 is 14.4 Å². The summed E-state index contributed by atoms with van der Waals surface area (Å²) >= 11 is 12.2. The van der Waals surface area contributed by atoms with Gasteiger partial charge in [-0.25, -0.2) is 26.7 Å². The van der Waals surface area contributed by atoms with E-state index in [0.29, 0.717) is 29.3 Å². The zero-order valence-corrected chi connectivity index (χ0v) is 28.7. The van der Waals surface area contributed by atoms with Crippen LogP contribution in [0.1, 0.15) is 38.8 Å². The van der Waals surface area contributed by atoms with Crippen molar-refractivity contribution in [2.24, 2.45) is 0 Å². The predicted octanol–water partition coefficient (Wildman–Crippen LogP) is 8.70. The quantitative estimate of drug-likeness (QED) is 0.116. The van der Waals surface area contributed by atoms with E-state index in [0.717, 1.165) is 33.3 Å². The van der Waals surface area contributed by atoms with Crippen LogP contribution in [0.5, 0.6) is 5.75 Å². The van der Waals surface area contributed by atoms with E-state index < -0.39 is 37.5 Å². The molecule has 0 spiro atoms. The lowest BCUT2D eigenvalue weighted by molar-refractivity contribution is 0.0696. The predicted molar refractivity (Wildman–Crippen MR) is 190 cm³/mol. The number of nitrogens with one attached hydrogen (secondary N) is 1. The molecule has 0 amide bonds. The molecule has 50 heavy (non-hydrogen) atoms. The topological polar surface area (TPSA) is 97.6 Å². The molecular weight excluding hydrogens is 705 g/mol. The lowest BCUT2D eigenvalue weighted by Crippen LogP contribution is -2.28. The molecule has 1 aromatic heterocycles. The highest BCUT2D eigenvalue weighted by atomic mass is 35.5. The van der Waals surface area contributed by atoms with E-state index in [2.05, 4.69) is 9.29 Å². The van der Waals surface area contributed by atoms with Gasteiger partial charge in [-0.15, -0.1) is 0 Å². The monoisotopic (exact) mass is 734 g/mol. The first-order valence-electron chi connectivity index (χ1n) is 15.5. The van der Waals surface area contributed by atoms with Crippen LogP contribution < -0.4 is 9.46 Å². The molecule has 6 aromatic rings. The first kappa shape index (κ1) is 35.1. The van der Waals surface area contributed by atoms with Crippen LogP contribution in [0.25, 0.3) is 10.9 Å². The summed E-state index contributed by atoms with van der Waals surface area (Å²) < 4.78 is 65.9. The molecule has 0 saturated carbocycles. The van der Waals surface area contributed by atoms with E-state index in [1.807, 2.05) is 72.8 Å². The van der Waals surface area contributed by atoms with Gasteiger partial charge in [-0.05, 0) is 71.3 Å². The summed E-state index contributed by atoms with van der Waals surface area (Å²) in [6.07, 6.45) is 0.530. The van der Waals surface area contributed by atoms with Crippen molar-refractivity contribution in [2.45, 2.75) is 23.8 Å². The van der Waals surface area contributed by atoms with Gasteiger partial charge >= 0.3 is 5.97 Å². The van der Waals surface area contributed by atoms with Crippen molar-refractivity contribution in [3.8, 4) is 5.75 Å². The van der Waals surface area contributed by atoms with Gasteiger partial charge in [0.15, 0.2) is 0 Å². The summed E-state index contributed by atoms with van der Waals surface area (Å²) in [6, 6.07) is 32.3. The molecule has 12 heteroatoms. The Hall–Kier alpha value is -4.74. The van der Waals surface area contributed by atoms with E-state index in [4.69, 9.17) is 27.9 Å². The van der Waals surface area contributed by atoms with Gasteiger partial charge in [0.2, 0.25) is 10.0 Å². The molecule has 256 valence electrons. The van der Waals surface area contributed by atoms with Gasteiger partial charge in [-0.2, -0.15) is 0 Å². The highest BCUT2D eigenvalue weighted by Crippen LogP contribution is 2.38. The first-order chi connectivity index (χ1) is 24.0. The number of sulfonamides is 1.